The number of nitrogens with zero attached hydrogens (tertiary/aromatic N) is 1. The van der Waals surface area contributed by atoms with Crippen molar-refractivity contribution in [1.82, 2.24) is 10.6 Å². The number of hydrogen-bond donors (Lipinski definition) is 3. The lowest BCUT2D eigenvalue weighted by Crippen LogP contribution is -2.38. The fourth-order valence-corrected chi connectivity index (χ4v) is 1.67. The Labute approximate surface area is 151 Å². The van der Waals surface area contributed by atoms with Gasteiger partial charge in [0, 0.05) is 29.7 Å². The number of aliphatic imine (C=N–C) groups is 1. The number of nitrogens with two attached hydrogens (primary N) is 1. The molecule has 0 aliphatic rings. The largest absolute Gasteiger partial charge is 0.370 e. The number of carbonyl (C=O) groups is 1. The molecule has 0 aliphatic carbocycles. The average Bonchev–Trinajstić information content (AvgIpc) is 2.42. The summed E-state index contributed by atoms with van der Waals surface area (Å²) in [5.41, 5.74) is 6.32. The van der Waals surface area contributed by atoms with Gasteiger partial charge in [-0.3, -0.25) is 9.79 Å². The van der Waals surface area contributed by atoms with Gasteiger partial charge in [0.15, 0.2) is 5.96 Å². The maximum absolute atomic E-state index is 11.8. The molecule has 0 saturated heterocycles. The Morgan fingerprint density at radius 3 is 2.38 bits per heavy atom. The molecule has 1 amide bonds. The lowest BCUT2D eigenvalue weighted by molar-refractivity contribution is 0.0954. The zero-order chi connectivity index (χ0) is 15.0. The Hall–Kier alpha value is -0.830. The molecule has 4 N–H and O–H groups in total. The summed E-state index contributed by atoms with van der Waals surface area (Å²) in [6.45, 7) is 5.90. The van der Waals surface area contributed by atoms with Gasteiger partial charge in [0.2, 0.25) is 0 Å². The molecule has 0 aromatic heterocycles. The van der Waals surface area contributed by atoms with E-state index in [-0.39, 0.29) is 29.9 Å². The van der Waals surface area contributed by atoms with Gasteiger partial charge in [-0.15, -0.1) is 24.0 Å². The molecule has 1 aromatic rings. The Morgan fingerprint density at radius 2 is 1.81 bits per heavy atom. The van der Waals surface area contributed by atoms with Crippen LogP contribution >= 0.6 is 39.9 Å². The average molecular weight is 469 g/mol. The summed E-state index contributed by atoms with van der Waals surface area (Å²) in [5, 5.41) is 5.77. The second kappa shape index (κ2) is 10.8. The van der Waals surface area contributed by atoms with Crippen LogP contribution < -0.4 is 16.4 Å². The standard InChI is InChI=1S/C14H21BrN4O.HI/c1-10(2)9-19-14(16)18-8-7-17-13(20)11-3-5-12(15)6-4-11;/h3-6,10H,7-9H2,1-2H3,(H,17,20)(H3,16,18,19);1H. The highest BCUT2D eigenvalue weighted by atomic mass is 127. The van der Waals surface area contributed by atoms with Crippen LogP contribution in [0.3, 0.4) is 0 Å². The van der Waals surface area contributed by atoms with Crippen LogP contribution in [0.2, 0.25) is 0 Å². The summed E-state index contributed by atoms with van der Waals surface area (Å²) < 4.78 is 0.949. The van der Waals surface area contributed by atoms with E-state index in [0.29, 0.717) is 37.1 Å². The molecular formula is C14H22BrIN4O. The molecule has 0 saturated carbocycles. The van der Waals surface area contributed by atoms with Crippen molar-refractivity contribution in [1.29, 1.82) is 0 Å². The van der Waals surface area contributed by atoms with Crippen molar-refractivity contribution in [2.75, 3.05) is 19.6 Å². The minimum absolute atomic E-state index is 0. The molecule has 0 spiro atoms. The fourth-order valence-electron chi connectivity index (χ4n) is 1.41. The molecule has 21 heavy (non-hydrogen) atoms. The monoisotopic (exact) mass is 468 g/mol. The first-order chi connectivity index (χ1) is 9.49. The summed E-state index contributed by atoms with van der Waals surface area (Å²) in [6.07, 6.45) is 0. The van der Waals surface area contributed by atoms with Crippen molar-refractivity contribution in [2.45, 2.75) is 13.8 Å². The van der Waals surface area contributed by atoms with Gasteiger partial charge in [0.1, 0.15) is 0 Å². The van der Waals surface area contributed by atoms with E-state index in [4.69, 9.17) is 5.73 Å². The summed E-state index contributed by atoms with van der Waals surface area (Å²) in [4.78, 5) is 16.0. The normalized spacial score (nSPS) is 11.0. The zero-order valence-electron chi connectivity index (χ0n) is 12.2. The minimum Gasteiger partial charge on any atom is -0.370 e. The molecule has 1 rings (SSSR count). The van der Waals surface area contributed by atoms with Crippen LogP contribution in [0.15, 0.2) is 33.7 Å². The molecule has 0 heterocycles. The van der Waals surface area contributed by atoms with Gasteiger partial charge >= 0.3 is 0 Å². The second-order valence-electron chi connectivity index (χ2n) is 4.81. The highest BCUT2D eigenvalue weighted by Crippen LogP contribution is 2.10. The Bertz CT molecular complexity index is 463. The van der Waals surface area contributed by atoms with E-state index in [9.17, 15) is 4.79 Å². The van der Waals surface area contributed by atoms with Crippen molar-refractivity contribution < 1.29 is 4.79 Å². The number of guanidine groups is 1. The highest BCUT2D eigenvalue weighted by Gasteiger charge is 2.03. The molecule has 0 unspecified atom stereocenters. The zero-order valence-corrected chi connectivity index (χ0v) is 16.1. The number of nitrogens with one attached hydrogen (secondary N) is 2. The fraction of sp³-hybridized carbons (Fsp3) is 0.429. The lowest BCUT2D eigenvalue weighted by atomic mass is 10.2. The van der Waals surface area contributed by atoms with E-state index in [0.717, 1.165) is 4.47 Å². The maximum Gasteiger partial charge on any atom is 0.251 e. The highest BCUT2D eigenvalue weighted by molar-refractivity contribution is 14.0. The van der Waals surface area contributed by atoms with Crippen molar-refractivity contribution >= 4 is 51.8 Å². The van der Waals surface area contributed by atoms with E-state index in [2.05, 4.69) is 45.4 Å². The van der Waals surface area contributed by atoms with Gasteiger partial charge in [-0.2, -0.15) is 0 Å². The van der Waals surface area contributed by atoms with E-state index in [1.807, 2.05) is 12.1 Å². The minimum atomic E-state index is -0.100. The van der Waals surface area contributed by atoms with Crippen LogP contribution in [0.4, 0.5) is 0 Å². The summed E-state index contributed by atoms with van der Waals surface area (Å²) in [6, 6.07) is 7.21. The van der Waals surface area contributed by atoms with Crippen molar-refractivity contribution in [2.24, 2.45) is 16.6 Å². The van der Waals surface area contributed by atoms with Gasteiger partial charge < -0.3 is 16.4 Å². The van der Waals surface area contributed by atoms with Crippen molar-refractivity contribution in [3.63, 3.8) is 0 Å². The van der Waals surface area contributed by atoms with Gasteiger partial charge in [-0.05, 0) is 30.2 Å². The van der Waals surface area contributed by atoms with Gasteiger partial charge in [0.05, 0.1) is 0 Å². The topological polar surface area (TPSA) is 79.5 Å². The number of benzene rings is 1. The third kappa shape index (κ3) is 8.92. The van der Waals surface area contributed by atoms with Crippen LogP contribution in [0.1, 0.15) is 24.2 Å². The van der Waals surface area contributed by atoms with E-state index in [1.165, 1.54) is 0 Å². The number of amides is 1. The number of carbonyl (C=O) groups excluding carboxylic acids is 1. The molecular weight excluding hydrogens is 447 g/mol. The molecule has 7 heteroatoms. The van der Waals surface area contributed by atoms with E-state index >= 15 is 0 Å². The quantitative estimate of drug-likeness (QED) is 0.259. The van der Waals surface area contributed by atoms with Gasteiger partial charge in [0.25, 0.3) is 5.91 Å². The Balaban J connectivity index is 0.00000400. The third-order valence-corrected chi connectivity index (χ3v) is 2.98. The number of hydrogen-bond acceptors (Lipinski definition) is 2. The van der Waals surface area contributed by atoms with Crippen LogP contribution in [0.25, 0.3) is 0 Å². The molecule has 118 valence electrons. The first-order valence-corrected chi connectivity index (χ1v) is 7.36. The number of rotatable bonds is 6. The smallest absolute Gasteiger partial charge is 0.251 e. The molecule has 0 atom stereocenters. The molecule has 0 radical (unpaired) electrons. The van der Waals surface area contributed by atoms with Gasteiger partial charge in [-0.1, -0.05) is 29.8 Å². The third-order valence-electron chi connectivity index (χ3n) is 2.45. The van der Waals surface area contributed by atoms with E-state index < -0.39 is 0 Å². The first kappa shape index (κ1) is 20.2. The van der Waals surface area contributed by atoms with E-state index in [1.54, 1.807) is 12.1 Å². The SMILES string of the molecule is CC(C)CN=C(N)NCCNC(=O)c1ccc(Br)cc1.I. The Kier molecular flexibility index (Phi) is 10.4. The summed E-state index contributed by atoms with van der Waals surface area (Å²) >= 11 is 3.33. The maximum atomic E-state index is 11.8. The second-order valence-corrected chi connectivity index (χ2v) is 5.73. The molecule has 1 aromatic carbocycles. The molecule has 0 aliphatic heterocycles. The van der Waals surface area contributed by atoms with Crippen LogP contribution in [0, 0.1) is 5.92 Å². The van der Waals surface area contributed by atoms with Crippen LogP contribution in [0.5, 0.6) is 0 Å². The number of halogens is 2. The summed E-state index contributed by atoms with van der Waals surface area (Å²) in [5.74, 6) is 0.793. The van der Waals surface area contributed by atoms with Crippen molar-refractivity contribution in [3.8, 4) is 0 Å². The summed E-state index contributed by atoms with van der Waals surface area (Å²) in [7, 11) is 0. The lowest BCUT2D eigenvalue weighted by Gasteiger charge is -2.08. The van der Waals surface area contributed by atoms with Crippen molar-refractivity contribution in [3.05, 3.63) is 34.3 Å². The van der Waals surface area contributed by atoms with Crippen LogP contribution in [-0.2, 0) is 0 Å². The first-order valence-electron chi connectivity index (χ1n) is 6.56. The molecule has 5 nitrogen and oxygen atoms in total. The molecule has 0 fully saturated rings. The predicted octanol–water partition coefficient (Wildman–Crippen LogP) is 2.36. The van der Waals surface area contributed by atoms with Crippen LogP contribution in [-0.4, -0.2) is 31.5 Å². The Morgan fingerprint density at radius 1 is 1.24 bits per heavy atom. The van der Waals surface area contributed by atoms with Gasteiger partial charge in [-0.25, -0.2) is 0 Å². The predicted molar refractivity (Wildman–Crippen MR) is 101 cm³/mol. The molecule has 0 bridgehead atoms.